The lowest BCUT2D eigenvalue weighted by atomic mass is 10.0. The summed E-state index contributed by atoms with van der Waals surface area (Å²) in [5.74, 6) is -1.62. The summed E-state index contributed by atoms with van der Waals surface area (Å²) >= 11 is 0. The number of hydrogen-bond donors (Lipinski definition) is 2. The Hall–Kier alpha value is -3.95. The van der Waals surface area contributed by atoms with Gasteiger partial charge in [-0.25, -0.2) is 8.78 Å². The van der Waals surface area contributed by atoms with Crippen LogP contribution < -0.4 is 15.8 Å². The predicted octanol–water partition coefficient (Wildman–Crippen LogP) is 4.92. The van der Waals surface area contributed by atoms with E-state index in [9.17, 15) is 13.6 Å². The van der Waals surface area contributed by atoms with E-state index in [1.54, 1.807) is 30.3 Å². The number of amides is 1. The molecule has 1 fully saturated rings. The van der Waals surface area contributed by atoms with Crippen LogP contribution in [0.15, 0.2) is 65.1 Å². The van der Waals surface area contributed by atoms with Gasteiger partial charge in [0.05, 0.1) is 24.6 Å². The Morgan fingerprint density at radius 2 is 1.75 bits per heavy atom. The Labute approximate surface area is 206 Å². The number of nitrogens with two attached hydrogens (primary N) is 1. The van der Waals surface area contributed by atoms with E-state index in [1.165, 1.54) is 6.07 Å². The second-order valence-corrected chi connectivity index (χ2v) is 8.50. The van der Waals surface area contributed by atoms with Crippen LogP contribution in [-0.2, 0) is 4.74 Å². The van der Waals surface area contributed by atoms with Crippen LogP contribution in [-0.4, -0.2) is 50.3 Å². The number of furan rings is 1. The van der Waals surface area contributed by atoms with E-state index in [0.29, 0.717) is 40.4 Å². The van der Waals surface area contributed by atoms with Gasteiger partial charge in [-0.05, 0) is 53.6 Å². The highest BCUT2D eigenvalue weighted by atomic mass is 19.2. The van der Waals surface area contributed by atoms with Crippen molar-refractivity contribution in [2.24, 2.45) is 0 Å². The molecule has 0 aliphatic carbocycles. The average molecular weight is 494 g/mol. The Morgan fingerprint density at radius 1 is 0.972 bits per heavy atom. The standard InChI is InChI=1S/C27H25F2N3O4/c28-21-5-2-17(13-22(21)29)18-3-6-23(30)24(14-18)31-27(33)26-15-19-1-4-20(16-25(19)36-26)35-12-9-32-7-10-34-11-8-32/h1-6,13-16H,7-12,30H2,(H,31,33). The number of carbonyl (C=O) groups excluding carboxylic acids is 1. The van der Waals surface area contributed by atoms with Crippen molar-refractivity contribution in [3.63, 3.8) is 0 Å². The average Bonchev–Trinajstić information content (AvgIpc) is 3.31. The molecule has 2 heterocycles. The summed E-state index contributed by atoms with van der Waals surface area (Å²) in [6, 6.07) is 15.5. The summed E-state index contributed by atoms with van der Waals surface area (Å²) in [6.07, 6.45) is 0. The molecule has 36 heavy (non-hydrogen) atoms. The van der Waals surface area contributed by atoms with Crippen molar-refractivity contribution >= 4 is 28.3 Å². The maximum atomic E-state index is 13.7. The highest BCUT2D eigenvalue weighted by Gasteiger charge is 2.16. The molecule has 0 spiro atoms. The number of fused-ring (bicyclic) bond motifs is 1. The third kappa shape index (κ3) is 5.32. The number of morpholine rings is 1. The monoisotopic (exact) mass is 493 g/mol. The summed E-state index contributed by atoms with van der Waals surface area (Å²) in [5, 5.41) is 3.49. The first-order valence-corrected chi connectivity index (χ1v) is 11.6. The number of rotatable bonds is 7. The Balaban J connectivity index is 1.27. The third-order valence-electron chi connectivity index (χ3n) is 6.05. The fourth-order valence-electron chi connectivity index (χ4n) is 4.03. The summed E-state index contributed by atoms with van der Waals surface area (Å²) in [5.41, 5.74) is 8.23. The maximum Gasteiger partial charge on any atom is 0.291 e. The minimum atomic E-state index is -0.957. The quantitative estimate of drug-likeness (QED) is 0.355. The van der Waals surface area contributed by atoms with Crippen LogP contribution in [0.3, 0.4) is 0 Å². The molecule has 4 aromatic rings. The maximum absolute atomic E-state index is 13.7. The highest BCUT2D eigenvalue weighted by molar-refractivity contribution is 6.06. The van der Waals surface area contributed by atoms with Crippen LogP contribution in [0.1, 0.15) is 10.6 Å². The molecular weight excluding hydrogens is 468 g/mol. The van der Waals surface area contributed by atoms with E-state index in [0.717, 1.165) is 50.4 Å². The molecule has 1 aliphatic heterocycles. The highest BCUT2D eigenvalue weighted by Crippen LogP contribution is 2.30. The molecule has 0 bridgehead atoms. The predicted molar refractivity (Wildman–Crippen MR) is 133 cm³/mol. The summed E-state index contributed by atoms with van der Waals surface area (Å²) < 4.78 is 43.9. The Kier molecular flexibility index (Phi) is 6.84. The molecule has 1 amide bonds. The van der Waals surface area contributed by atoms with Crippen LogP contribution >= 0.6 is 0 Å². The lowest BCUT2D eigenvalue weighted by Crippen LogP contribution is -2.38. The molecule has 3 aromatic carbocycles. The Bertz CT molecular complexity index is 1400. The number of nitrogen functional groups attached to an aromatic ring is 1. The largest absolute Gasteiger partial charge is 0.492 e. The number of benzene rings is 3. The van der Waals surface area contributed by atoms with Gasteiger partial charge >= 0.3 is 0 Å². The summed E-state index contributed by atoms with van der Waals surface area (Å²) in [7, 11) is 0. The van der Waals surface area contributed by atoms with Gasteiger partial charge < -0.3 is 24.9 Å². The van der Waals surface area contributed by atoms with Gasteiger partial charge in [-0.1, -0.05) is 12.1 Å². The summed E-state index contributed by atoms with van der Waals surface area (Å²) in [4.78, 5) is 15.2. The first-order valence-electron chi connectivity index (χ1n) is 11.6. The lowest BCUT2D eigenvalue weighted by molar-refractivity contribution is 0.0322. The van der Waals surface area contributed by atoms with Crippen molar-refractivity contribution < 1.29 is 27.5 Å². The van der Waals surface area contributed by atoms with E-state index in [1.807, 2.05) is 12.1 Å². The number of hydrogen-bond acceptors (Lipinski definition) is 6. The van der Waals surface area contributed by atoms with Gasteiger partial charge in [0.2, 0.25) is 0 Å². The molecule has 0 saturated carbocycles. The van der Waals surface area contributed by atoms with Crippen molar-refractivity contribution in [1.29, 1.82) is 0 Å². The molecule has 0 atom stereocenters. The van der Waals surface area contributed by atoms with E-state index < -0.39 is 17.5 Å². The third-order valence-corrected chi connectivity index (χ3v) is 6.05. The molecule has 0 radical (unpaired) electrons. The normalized spacial score (nSPS) is 14.2. The summed E-state index contributed by atoms with van der Waals surface area (Å²) in [6.45, 7) is 4.61. The van der Waals surface area contributed by atoms with Crippen molar-refractivity contribution in [2.75, 3.05) is 50.5 Å². The van der Waals surface area contributed by atoms with Gasteiger partial charge in [-0.3, -0.25) is 9.69 Å². The van der Waals surface area contributed by atoms with E-state index >= 15 is 0 Å². The zero-order valence-electron chi connectivity index (χ0n) is 19.4. The molecule has 7 nitrogen and oxygen atoms in total. The molecule has 3 N–H and O–H groups in total. The Morgan fingerprint density at radius 3 is 2.56 bits per heavy atom. The lowest BCUT2D eigenvalue weighted by Gasteiger charge is -2.26. The second-order valence-electron chi connectivity index (χ2n) is 8.50. The SMILES string of the molecule is Nc1ccc(-c2ccc(F)c(F)c2)cc1NC(=O)c1cc2ccc(OCCN3CCOCC3)cc2o1. The van der Waals surface area contributed by atoms with Crippen LogP contribution in [0.2, 0.25) is 0 Å². The van der Waals surface area contributed by atoms with Crippen molar-refractivity contribution in [1.82, 2.24) is 4.90 Å². The van der Waals surface area contributed by atoms with Crippen LogP contribution in [0.4, 0.5) is 20.2 Å². The van der Waals surface area contributed by atoms with E-state index in [2.05, 4.69) is 10.2 Å². The van der Waals surface area contributed by atoms with Crippen molar-refractivity contribution in [2.45, 2.75) is 0 Å². The zero-order chi connectivity index (χ0) is 25.1. The molecule has 9 heteroatoms. The van der Waals surface area contributed by atoms with Crippen LogP contribution in [0, 0.1) is 11.6 Å². The van der Waals surface area contributed by atoms with E-state index in [-0.39, 0.29) is 5.76 Å². The first-order chi connectivity index (χ1) is 17.5. The first kappa shape index (κ1) is 23.8. The smallest absolute Gasteiger partial charge is 0.291 e. The molecule has 186 valence electrons. The van der Waals surface area contributed by atoms with Gasteiger partial charge in [0.1, 0.15) is 17.9 Å². The molecular formula is C27H25F2N3O4. The topological polar surface area (TPSA) is 90.0 Å². The van der Waals surface area contributed by atoms with E-state index in [4.69, 9.17) is 19.6 Å². The molecule has 5 rings (SSSR count). The number of halogens is 2. The fourth-order valence-corrected chi connectivity index (χ4v) is 4.03. The van der Waals surface area contributed by atoms with Gasteiger partial charge in [-0.15, -0.1) is 0 Å². The van der Waals surface area contributed by atoms with Gasteiger partial charge in [0.25, 0.3) is 5.91 Å². The number of anilines is 2. The van der Waals surface area contributed by atoms with Crippen molar-refractivity contribution in [3.8, 4) is 16.9 Å². The fraction of sp³-hybridized carbons (Fsp3) is 0.222. The molecule has 1 aromatic heterocycles. The van der Waals surface area contributed by atoms with Gasteiger partial charge in [0.15, 0.2) is 17.4 Å². The molecule has 0 unspecified atom stereocenters. The second kappa shape index (κ2) is 10.3. The molecule has 1 aliphatic rings. The van der Waals surface area contributed by atoms with Gasteiger partial charge in [-0.2, -0.15) is 0 Å². The number of nitrogens with one attached hydrogen (secondary N) is 1. The zero-order valence-corrected chi connectivity index (χ0v) is 19.4. The molecule has 1 saturated heterocycles. The minimum absolute atomic E-state index is 0.105. The number of ether oxygens (including phenoxy) is 2. The van der Waals surface area contributed by atoms with Gasteiger partial charge in [0, 0.05) is 31.1 Å². The van der Waals surface area contributed by atoms with Crippen LogP contribution in [0.25, 0.3) is 22.1 Å². The number of nitrogens with zero attached hydrogens (tertiary/aromatic N) is 1. The van der Waals surface area contributed by atoms with Crippen LogP contribution in [0.5, 0.6) is 5.75 Å². The van der Waals surface area contributed by atoms with Crippen molar-refractivity contribution in [3.05, 3.63) is 78.1 Å². The number of carbonyl (C=O) groups is 1. The minimum Gasteiger partial charge on any atom is -0.492 e.